The predicted octanol–water partition coefficient (Wildman–Crippen LogP) is 1.72. The summed E-state index contributed by atoms with van der Waals surface area (Å²) in [5, 5.41) is -0.634. The first-order chi connectivity index (χ1) is 7.50. The SMILES string of the molecule is O=C1CCC(S(=O)(=O)c2ccc(F)cc2)C1. The number of sulfone groups is 1. The Balaban J connectivity index is 2.32. The lowest BCUT2D eigenvalue weighted by molar-refractivity contribution is -0.117. The molecule has 0 heterocycles. The molecule has 1 fully saturated rings. The Kier molecular flexibility index (Phi) is 2.80. The van der Waals surface area contributed by atoms with Crippen LogP contribution in [0.15, 0.2) is 29.2 Å². The summed E-state index contributed by atoms with van der Waals surface area (Å²) in [6.07, 6.45) is 0.781. The Morgan fingerprint density at radius 1 is 1.19 bits per heavy atom. The second kappa shape index (κ2) is 3.97. The van der Waals surface area contributed by atoms with Crippen molar-refractivity contribution in [2.45, 2.75) is 29.4 Å². The van der Waals surface area contributed by atoms with E-state index in [4.69, 9.17) is 0 Å². The summed E-state index contributed by atoms with van der Waals surface area (Å²) in [7, 11) is -3.48. The van der Waals surface area contributed by atoms with E-state index in [0.29, 0.717) is 12.8 Å². The molecule has 1 aliphatic rings. The Hall–Kier alpha value is -1.23. The maximum Gasteiger partial charge on any atom is 0.181 e. The van der Waals surface area contributed by atoms with E-state index in [0.717, 1.165) is 12.1 Å². The van der Waals surface area contributed by atoms with Gasteiger partial charge >= 0.3 is 0 Å². The summed E-state index contributed by atoms with van der Waals surface area (Å²) >= 11 is 0. The highest BCUT2D eigenvalue weighted by Gasteiger charge is 2.34. The lowest BCUT2D eigenvalue weighted by Crippen LogP contribution is -2.18. The first-order valence-electron chi connectivity index (χ1n) is 5.01. The van der Waals surface area contributed by atoms with Gasteiger partial charge in [-0.15, -0.1) is 0 Å². The minimum Gasteiger partial charge on any atom is -0.300 e. The van der Waals surface area contributed by atoms with E-state index in [-0.39, 0.29) is 17.1 Å². The second-order valence-corrected chi connectivity index (χ2v) is 6.13. The molecule has 0 aromatic heterocycles. The van der Waals surface area contributed by atoms with Crippen LogP contribution in [0.1, 0.15) is 19.3 Å². The van der Waals surface area contributed by atoms with Crippen LogP contribution in [-0.2, 0) is 14.6 Å². The summed E-state index contributed by atoms with van der Waals surface area (Å²) in [5.41, 5.74) is 0. The third kappa shape index (κ3) is 2.00. The minimum atomic E-state index is -3.48. The first kappa shape index (κ1) is 11.3. The number of carbonyl (C=O) groups is 1. The van der Waals surface area contributed by atoms with Gasteiger partial charge in [-0.3, -0.25) is 4.79 Å². The van der Waals surface area contributed by atoms with Crippen LogP contribution in [-0.4, -0.2) is 19.5 Å². The maximum absolute atomic E-state index is 12.7. The lowest BCUT2D eigenvalue weighted by Gasteiger charge is -2.09. The van der Waals surface area contributed by atoms with Gasteiger partial charge in [0.05, 0.1) is 10.1 Å². The van der Waals surface area contributed by atoms with Crippen LogP contribution in [0.3, 0.4) is 0 Å². The van der Waals surface area contributed by atoms with Crippen molar-refractivity contribution in [2.75, 3.05) is 0 Å². The molecule has 0 aliphatic heterocycles. The largest absolute Gasteiger partial charge is 0.300 e. The first-order valence-corrected chi connectivity index (χ1v) is 6.56. The van der Waals surface area contributed by atoms with Crippen molar-refractivity contribution in [3.05, 3.63) is 30.1 Å². The molecule has 0 spiro atoms. The highest BCUT2D eigenvalue weighted by Crippen LogP contribution is 2.27. The van der Waals surface area contributed by atoms with Gasteiger partial charge in [0.1, 0.15) is 11.6 Å². The molecule has 0 saturated heterocycles. The Bertz CT molecular complexity index is 505. The molecule has 1 aromatic rings. The van der Waals surface area contributed by atoms with Crippen molar-refractivity contribution in [3.63, 3.8) is 0 Å². The number of hydrogen-bond donors (Lipinski definition) is 0. The molecule has 16 heavy (non-hydrogen) atoms. The van der Waals surface area contributed by atoms with Crippen LogP contribution < -0.4 is 0 Å². The standard InChI is InChI=1S/C11H11FO3S/c12-8-1-4-10(5-2-8)16(14,15)11-6-3-9(13)7-11/h1-2,4-5,11H,3,6-7H2. The van der Waals surface area contributed by atoms with Gasteiger partial charge < -0.3 is 0 Å². The third-order valence-electron chi connectivity index (χ3n) is 2.78. The molecule has 1 aromatic carbocycles. The van der Waals surface area contributed by atoms with E-state index in [1.165, 1.54) is 12.1 Å². The van der Waals surface area contributed by atoms with E-state index in [9.17, 15) is 17.6 Å². The van der Waals surface area contributed by atoms with Crippen LogP contribution in [0, 0.1) is 5.82 Å². The summed E-state index contributed by atoms with van der Waals surface area (Å²) in [5.74, 6) is -0.489. The topological polar surface area (TPSA) is 51.2 Å². The molecule has 2 rings (SSSR count). The molecule has 5 heteroatoms. The fourth-order valence-corrected chi connectivity index (χ4v) is 3.60. The number of halogens is 1. The highest BCUT2D eigenvalue weighted by molar-refractivity contribution is 7.92. The zero-order valence-corrected chi connectivity index (χ0v) is 9.34. The van der Waals surface area contributed by atoms with Crippen molar-refractivity contribution in [1.82, 2.24) is 0 Å². The molecule has 0 N–H and O–H groups in total. The number of ketones is 1. The molecule has 1 unspecified atom stereocenters. The van der Waals surface area contributed by atoms with Gasteiger partial charge in [0, 0.05) is 12.8 Å². The maximum atomic E-state index is 12.7. The number of Topliss-reactive ketones (excluding diaryl/α,β-unsaturated/α-hetero) is 1. The van der Waals surface area contributed by atoms with Gasteiger partial charge in [-0.05, 0) is 30.7 Å². The van der Waals surface area contributed by atoms with Gasteiger partial charge in [0.15, 0.2) is 9.84 Å². The van der Waals surface area contributed by atoms with Crippen molar-refractivity contribution in [3.8, 4) is 0 Å². The van der Waals surface area contributed by atoms with Crippen LogP contribution in [0.5, 0.6) is 0 Å². The quantitative estimate of drug-likeness (QED) is 0.742. The second-order valence-electron chi connectivity index (χ2n) is 3.90. The average molecular weight is 242 g/mol. The zero-order valence-electron chi connectivity index (χ0n) is 8.52. The smallest absolute Gasteiger partial charge is 0.181 e. The Labute approximate surface area is 93.2 Å². The van der Waals surface area contributed by atoms with E-state index in [1.54, 1.807) is 0 Å². The fraction of sp³-hybridized carbons (Fsp3) is 0.364. The van der Waals surface area contributed by atoms with Crippen molar-refractivity contribution >= 4 is 15.6 Å². The fourth-order valence-electron chi connectivity index (χ4n) is 1.86. The molecular formula is C11H11FO3S. The van der Waals surface area contributed by atoms with Crippen LogP contribution in [0.25, 0.3) is 0 Å². The van der Waals surface area contributed by atoms with E-state index < -0.39 is 20.9 Å². The van der Waals surface area contributed by atoms with Gasteiger partial charge in [0.2, 0.25) is 0 Å². The zero-order chi connectivity index (χ0) is 11.8. The minimum absolute atomic E-state index is 0.0179. The van der Waals surface area contributed by atoms with E-state index >= 15 is 0 Å². The van der Waals surface area contributed by atoms with E-state index in [1.807, 2.05) is 0 Å². The summed E-state index contributed by atoms with van der Waals surface area (Å²) in [6, 6.07) is 4.72. The highest BCUT2D eigenvalue weighted by atomic mass is 32.2. The average Bonchev–Trinajstić information content (AvgIpc) is 2.66. The van der Waals surface area contributed by atoms with Crippen molar-refractivity contribution < 1.29 is 17.6 Å². The molecular weight excluding hydrogens is 231 g/mol. The normalized spacial score (nSPS) is 21.3. The van der Waals surface area contributed by atoms with Gasteiger partial charge in [-0.25, -0.2) is 12.8 Å². The molecule has 3 nitrogen and oxygen atoms in total. The molecule has 1 aliphatic carbocycles. The van der Waals surface area contributed by atoms with E-state index in [2.05, 4.69) is 0 Å². The number of benzene rings is 1. The molecule has 1 atom stereocenters. The Morgan fingerprint density at radius 3 is 2.31 bits per heavy atom. The molecule has 86 valence electrons. The lowest BCUT2D eigenvalue weighted by atomic mass is 10.3. The summed E-state index contributed by atoms with van der Waals surface area (Å²) in [4.78, 5) is 11.2. The number of rotatable bonds is 2. The third-order valence-corrected chi connectivity index (χ3v) is 4.99. The predicted molar refractivity (Wildman–Crippen MR) is 56.2 cm³/mol. The summed E-state index contributed by atoms with van der Waals surface area (Å²) in [6.45, 7) is 0. The van der Waals surface area contributed by atoms with Crippen LogP contribution in [0.4, 0.5) is 4.39 Å². The molecule has 0 amide bonds. The van der Waals surface area contributed by atoms with Crippen LogP contribution in [0.2, 0.25) is 0 Å². The van der Waals surface area contributed by atoms with Gasteiger partial charge in [0.25, 0.3) is 0 Å². The van der Waals surface area contributed by atoms with Gasteiger partial charge in [-0.1, -0.05) is 0 Å². The number of hydrogen-bond acceptors (Lipinski definition) is 3. The summed E-state index contributed by atoms with van der Waals surface area (Å²) < 4.78 is 36.7. The van der Waals surface area contributed by atoms with Gasteiger partial charge in [-0.2, -0.15) is 0 Å². The van der Waals surface area contributed by atoms with Crippen molar-refractivity contribution in [1.29, 1.82) is 0 Å². The van der Waals surface area contributed by atoms with Crippen LogP contribution >= 0.6 is 0 Å². The Morgan fingerprint density at radius 2 is 1.81 bits per heavy atom. The van der Waals surface area contributed by atoms with Crippen molar-refractivity contribution in [2.24, 2.45) is 0 Å². The molecule has 0 radical (unpaired) electrons. The molecule has 0 bridgehead atoms. The number of carbonyl (C=O) groups excluding carboxylic acids is 1. The molecule has 1 saturated carbocycles. The monoisotopic (exact) mass is 242 g/mol.